The summed E-state index contributed by atoms with van der Waals surface area (Å²) in [7, 11) is 0. The van der Waals surface area contributed by atoms with Gasteiger partial charge in [0.2, 0.25) is 0 Å². The molecule has 2 fully saturated rings. The van der Waals surface area contributed by atoms with E-state index in [1.54, 1.807) is 6.07 Å². The molecule has 0 aromatic heterocycles. The van der Waals surface area contributed by atoms with Crippen molar-refractivity contribution in [2.45, 2.75) is 38.1 Å². The van der Waals surface area contributed by atoms with Gasteiger partial charge in [-0.2, -0.15) is 0 Å². The van der Waals surface area contributed by atoms with Gasteiger partial charge in [-0.1, -0.05) is 42.5 Å². The van der Waals surface area contributed by atoms with E-state index in [2.05, 4.69) is 10.2 Å². The van der Waals surface area contributed by atoms with E-state index in [0.29, 0.717) is 21.5 Å². The molecule has 23 heavy (non-hydrogen) atoms. The molecule has 1 N–H and O–H groups in total. The van der Waals surface area contributed by atoms with Gasteiger partial charge in [-0.3, -0.25) is 4.90 Å². The number of piperazine rings is 1. The molecule has 1 aromatic rings. The fourth-order valence-corrected chi connectivity index (χ4v) is 4.37. The Morgan fingerprint density at radius 3 is 2.39 bits per heavy atom. The largest absolute Gasteiger partial charge is 0.314 e. The van der Waals surface area contributed by atoms with Crippen molar-refractivity contribution in [2.24, 2.45) is 5.92 Å². The van der Waals surface area contributed by atoms with Gasteiger partial charge < -0.3 is 5.32 Å². The number of benzene rings is 1. The number of nitrogens with one attached hydrogen (secondary N) is 1. The molecule has 1 saturated heterocycles. The maximum absolute atomic E-state index is 14.6. The highest BCUT2D eigenvalue weighted by Gasteiger charge is 2.34. The van der Waals surface area contributed by atoms with Crippen LogP contribution in [0.25, 0.3) is 0 Å². The first-order valence-electron chi connectivity index (χ1n) is 8.26. The van der Waals surface area contributed by atoms with Crippen LogP contribution >= 0.6 is 35.6 Å². The van der Waals surface area contributed by atoms with Gasteiger partial charge in [0.25, 0.3) is 0 Å². The van der Waals surface area contributed by atoms with Gasteiger partial charge in [-0.15, -0.1) is 12.4 Å². The van der Waals surface area contributed by atoms with Crippen LogP contribution < -0.4 is 5.32 Å². The molecule has 1 heterocycles. The molecule has 1 saturated carbocycles. The summed E-state index contributed by atoms with van der Waals surface area (Å²) < 4.78 is 14.6. The summed E-state index contributed by atoms with van der Waals surface area (Å²) in [6, 6.07) is 3.06. The fourth-order valence-electron chi connectivity index (χ4n) is 3.94. The van der Waals surface area contributed by atoms with E-state index in [1.807, 2.05) is 0 Å². The van der Waals surface area contributed by atoms with Crippen LogP contribution in [-0.4, -0.2) is 31.1 Å². The predicted octanol–water partition coefficient (Wildman–Crippen LogP) is 5.08. The summed E-state index contributed by atoms with van der Waals surface area (Å²) in [5, 5.41) is 4.22. The molecule has 3 rings (SSSR count). The molecule has 130 valence electrons. The van der Waals surface area contributed by atoms with Crippen molar-refractivity contribution in [2.75, 3.05) is 26.2 Å². The number of halogens is 4. The highest BCUT2D eigenvalue weighted by molar-refractivity contribution is 6.42. The van der Waals surface area contributed by atoms with Crippen LogP contribution in [0.4, 0.5) is 4.39 Å². The lowest BCUT2D eigenvalue weighted by atomic mass is 9.80. The zero-order valence-corrected chi connectivity index (χ0v) is 15.5. The van der Waals surface area contributed by atoms with Crippen LogP contribution in [0, 0.1) is 11.7 Å². The lowest BCUT2D eigenvalue weighted by molar-refractivity contribution is 0.101. The first-order chi connectivity index (χ1) is 10.7. The van der Waals surface area contributed by atoms with Crippen molar-refractivity contribution in [1.29, 1.82) is 0 Å². The molecular weight excluding hydrogens is 358 g/mol. The highest BCUT2D eigenvalue weighted by Crippen LogP contribution is 2.43. The van der Waals surface area contributed by atoms with Gasteiger partial charge in [-0.05, 0) is 30.9 Å². The Morgan fingerprint density at radius 2 is 1.74 bits per heavy atom. The Morgan fingerprint density at radius 1 is 1.09 bits per heavy atom. The van der Waals surface area contributed by atoms with Crippen molar-refractivity contribution in [3.05, 3.63) is 33.6 Å². The molecule has 1 aliphatic heterocycles. The number of hydrogen-bond donors (Lipinski definition) is 1. The second-order valence-electron chi connectivity index (χ2n) is 6.39. The Balaban J connectivity index is 0.00000192. The minimum atomic E-state index is -0.219. The number of rotatable bonds is 3. The van der Waals surface area contributed by atoms with E-state index in [9.17, 15) is 4.39 Å². The fraction of sp³-hybridized carbons (Fsp3) is 0.647. The van der Waals surface area contributed by atoms with Crippen molar-refractivity contribution in [1.82, 2.24) is 10.2 Å². The normalized spacial score (nSPS) is 21.7. The Labute approximate surface area is 154 Å². The van der Waals surface area contributed by atoms with Gasteiger partial charge in [0.15, 0.2) is 0 Å². The lowest BCUT2D eigenvalue weighted by Crippen LogP contribution is -2.47. The van der Waals surface area contributed by atoms with Crippen LogP contribution in [0.3, 0.4) is 0 Å². The quantitative estimate of drug-likeness (QED) is 0.734. The second-order valence-corrected chi connectivity index (χ2v) is 7.17. The Kier molecular flexibility index (Phi) is 7.43. The summed E-state index contributed by atoms with van der Waals surface area (Å²) >= 11 is 12.6. The summed E-state index contributed by atoms with van der Waals surface area (Å²) in [6.45, 7) is 3.76. The van der Waals surface area contributed by atoms with Crippen LogP contribution in [0.15, 0.2) is 12.1 Å². The second kappa shape index (κ2) is 8.87. The first kappa shape index (κ1) is 19.3. The van der Waals surface area contributed by atoms with Gasteiger partial charge in [0.1, 0.15) is 5.82 Å². The SMILES string of the molecule is Cl.Fc1ccc(Cl)c(Cl)c1[C@@H](C1CCCCC1)N1CCNCC1. The van der Waals surface area contributed by atoms with Crippen LogP contribution in [0.1, 0.15) is 43.7 Å². The van der Waals surface area contributed by atoms with Crippen molar-refractivity contribution in [3.8, 4) is 0 Å². The molecular formula is C17H24Cl3FN2. The van der Waals surface area contributed by atoms with E-state index < -0.39 is 0 Å². The number of hydrogen-bond acceptors (Lipinski definition) is 2. The smallest absolute Gasteiger partial charge is 0.129 e. The van der Waals surface area contributed by atoms with Crippen molar-refractivity contribution < 1.29 is 4.39 Å². The van der Waals surface area contributed by atoms with Crippen LogP contribution in [0.2, 0.25) is 10.0 Å². The minimum Gasteiger partial charge on any atom is -0.314 e. The van der Waals surface area contributed by atoms with Gasteiger partial charge in [-0.25, -0.2) is 4.39 Å². The Bertz CT molecular complexity index is 497. The summed E-state index contributed by atoms with van der Waals surface area (Å²) in [4.78, 5) is 2.40. The third kappa shape index (κ3) is 4.32. The molecule has 1 atom stereocenters. The van der Waals surface area contributed by atoms with Gasteiger partial charge in [0.05, 0.1) is 10.0 Å². The van der Waals surface area contributed by atoms with E-state index in [-0.39, 0.29) is 24.3 Å². The van der Waals surface area contributed by atoms with Gasteiger partial charge in [0, 0.05) is 37.8 Å². The number of nitrogens with zero attached hydrogens (tertiary/aromatic N) is 1. The molecule has 1 aromatic carbocycles. The molecule has 0 bridgehead atoms. The maximum atomic E-state index is 14.6. The predicted molar refractivity (Wildman–Crippen MR) is 97.4 cm³/mol. The molecule has 2 aliphatic rings. The molecule has 0 radical (unpaired) electrons. The molecule has 0 amide bonds. The lowest BCUT2D eigenvalue weighted by Gasteiger charge is -2.41. The molecule has 2 nitrogen and oxygen atoms in total. The van der Waals surface area contributed by atoms with Crippen LogP contribution in [-0.2, 0) is 0 Å². The molecule has 1 aliphatic carbocycles. The third-order valence-corrected chi connectivity index (χ3v) is 5.84. The third-order valence-electron chi connectivity index (χ3n) is 5.02. The summed E-state index contributed by atoms with van der Waals surface area (Å²) in [6.07, 6.45) is 6.05. The van der Waals surface area contributed by atoms with E-state index in [4.69, 9.17) is 23.2 Å². The highest BCUT2D eigenvalue weighted by atomic mass is 35.5. The zero-order chi connectivity index (χ0) is 15.5. The zero-order valence-electron chi connectivity index (χ0n) is 13.2. The first-order valence-corrected chi connectivity index (χ1v) is 9.02. The summed E-state index contributed by atoms with van der Waals surface area (Å²) in [5.41, 5.74) is 0.614. The van der Waals surface area contributed by atoms with Crippen LogP contribution in [0.5, 0.6) is 0 Å². The average Bonchev–Trinajstić information content (AvgIpc) is 2.57. The topological polar surface area (TPSA) is 15.3 Å². The minimum absolute atomic E-state index is 0. The monoisotopic (exact) mass is 380 g/mol. The maximum Gasteiger partial charge on any atom is 0.129 e. The standard InChI is InChI=1S/C17H23Cl2FN2.ClH/c18-13-6-7-14(20)15(16(13)19)17(12-4-2-1-3-5-12)22-10-8-21-9-11-22;/h6-7,12,17,21H,1-5,8-11H2;1H/t17-;/m1./s1. The molecule has 0 spiro atoms. The van der Waals surface area contributed by atoms with E-state index >= 15 is 0 Å². The van der Waals surface area contributed by atoms with E-state index in [1.165, 1.54) is 25.3 Å². The van der Waals surface area contributed by atoms with Crippen molar-refractivity contribution >= 4 is 35.6 Å². The van der Waals surface area contributed by atoms with Gasteiger partial charge >= 0.3 is 0 Å². The average molecular weight is 382 g/mol. The molecule has 0 unspecified atom stereocenters. The Hall–Kier alpha value is -0.0600. The van der Waals surface area contributed by atoms with E-state index in [0.717, 1.165) is 39.0 Å². The molecule has 6 heteroatoms. The van der Waals surface area contributed by atoms with Crippen molar-refractivity contribution in [3.63, 3.8) is 0 Å². The summed E-state index contributed by atoms with van der Waals surface area (Å²) in [5.74, 6) is 0.251.